The van der Waals surface area contributed by atoms with Crippen LogP contribution < -0.4 is 15.4 Å². The Bertz CT molecular complexity index is 1560. The number of carbonyl (C=O) groups is 3. The molecule has 0 saturated carbocycles. The largest absolute Gasteiger partial charge is 0.478 e. The van der Waals surface area contributed by atoms with Crippen molar-refractivity contribution < 1.29 is 24.2 Å². The standard InChI is InChI=1S/C27H20N4O5/c32-24(16-36-25-11-5-6-12-28-25)29-18-13-17(26(33)34)14-19(15-18)30-27(35)31-22-9-3-1-7-20(22)21-8-2-4-10-23(21)31/h1-15H,16H2,(H,29,32)(H,30,35)(H,33,34). The van der Waals surface area contributed by atoms with Crippen LogP contribution in [0.1, 0.15) is 10.4 Å². The van der Waals surface area contributed by atoms with Crippen LogP contribution in [0.2, 0.25) is 0 Å². The number of hydrogen-bond acceptors (Lipinski definition) is 5. The van der Waals surface area contributed by atoms with Crippen molar-refractivity contribution in [3.63, 3.8) is 0 Å². The van der Waals surface area contributed by atoms with Crippen LogP contribution in [0.15, 0.2) is 91.1 Å². The molecule has 2 heterocycles. The smallest absolute Gasteiger partial charge is 0.335 e. The molecule has 3 N–H and O–H groups in total. The lowest BCUT2D eigenvalue weighted by Gasteiger charge is -2.12. The fraction of sp³-hybridized carbons (Fsp3) is 0.0370. The number of hydrogen-bond donors (Lipinski definition) is 3. The Kier molecular flexibility index (Phi) is 6.02. The van der Waals surface area contributed by atoms with Crippen LogP contribution in [0.4, 0.5) is 16.2 Å². The molecule has 0 radical (unpaired) electrons. The van der Waals surface area contributed by atoms with Crippen LogP contribution in [0, 0.1) is 0 Å². The molecule has 0 fully saturated rings. The number of ether oxygens (including phenoxy) is 1. The number of rotatable bonds is 6. The molecule has 5 rings (SSSR count). The van der Waals surface area contributed by atoms with Gasteiger partial charge in [0, 0.05) is 34.4 Å². The molecule has 3 aromatic carbocycles. The third kappa shape index (κ3) is 4.58. The maximum absolute atomic E-state index is 13.4. The van der Waals surface area contributed by atoms with Crippen LogP contribution >= 0.6 is 0 Å². The van der Waals surface area contributed by atoms with E-state index in [9.17, 15) is 19.5 Å². The topological polar surface area (TPSA) is 123 Å². The molecule has 9 nitrogen and oxygen atoms in total. The van der Waals surface area contributed by atoms with Crippen molar-refractivity contribution in [2.75, 3.05) is 17.2 Å². The van der Waals surface area contributed by atoms with Crippen molar-refractivity contribution in [1.82, 2.24) is 9.55 Å². The van der Waals surface area contributed by atoms with Gasteiger partial charge in [-0.2, -0.15) is 0 Å². The minimum absolute atomic E-state index is 0.101. The second-order valence-electron chi connectivity index (χ2n) is 7.91. The van der Waals surface area contributed by atoms with Crippen LogP contribution in [0.5, 0.6) is 5.88 Å². The molecule has 5 aromatic rings. The molecule has 2 aromatic heterocycles. The normalized spacial score (nSPS) is 10.8. The van der Waals surface area contributed by atoms with E-state index in [1.54, 1.807) is 18.2 Å². The van der Waals surface area contributed by atoms with Gasteiger partial charge in [0.25, 0.3) is 5.91 Å². The summed E-state index contributed by atoms with van der Waals surface area (Å²) >= 11 is 0. The zero-order valence-corrected chi connectivity index (χ0v) is 18.8. The Morgan fingerprint density at radius 1 is 0.806 bits per heavy atom. The number of carboxylic acid groups (broad SMARTS) is 1. The van der Waals surface area contributed by atoms with Gasteiger partial charge >= 0.3 is 12.0 Å². The van der Waals surface area contributed by atoms with Gasteiger partial charge in [0.2, 0.25) is 5.88 Å². The summed E-state index contributed by atoms with van der Waals surface area (Å²) < 4.78 is 6.87. The molecule has 0 aliphatic carbocycles. The predicted molar refractivity (Wildman–Crippen MR) is 136 cm³/mol. The Hall–Kier alpha value is -5.18. The first kappa shape index (κ1) is 22.6. The van der Waals surface area contributed by atoms with Crippen LogP contribution in [-0.2, 0) is 4.79 Å². The molecule has 0 saturated heterocycles. The van der Waals surface area contributed by atoms with Crippen LogP contribution in [-0.4, -0.2) is 39.2 Å². The van der Waals surface area contributed by atoms with Gasteiger partial charge in [-0.15, -0.1) is 0 Å². The number of anilines is 2. The Labute approximate surface area is 204 Å². The number of benzene rings is 3. The Morgan fingerprint density at radius 2 is 1.42 bits per heavy atom. The van der Waals surface area contributed by atoms with Gasteiger partial charge in [-0.25, -0.2) is 14.6 Å². The van der Waals surface area contributed by atoms with Crippen LogP contribution in [0.3, 0.4) is 0 Å². The number of amides is 2. The monoisotopic (exact) mass is 480 g/mol. The van der Waals surface area contributed by atoms with E-state index in [1.165, 1.54) is 29.0 Å². The Morgan fingerprint density at radius 3 is 2.03 bits per heavy atom. The lowest BCUT2D eigenvalue weighted by atomic mass is 10.1. The van der Waals surface area contributed by atoms with Crippen molar-refractivity contribution in [2.24, 2.45) is 0 Å². The third-order valence-electron chi connectivity index (χ3n) is 5.49. The molecule has 36 heavy (non-hydrogen) atoms. The van der Waals surface area contributed by atoms with Crippen molar-refractivity contribution in [2.45, 2.75) is 0 Å². The summed E-state index contributed by atoms with van der Waals surface area (Å²) in [5, 5.41) is 16.8. The second kappa shape index (κ2) is 9.59. The van der Waals surface area contributed by atoms with Gasteiger partial charge in [0.05, 0.1) is 16.6 Å². The van der Waals surface area contributed by atoms with Gasteiger partial charge in [0.15, 0.2) is 6.61 Å². The zero-order chi connectivity index (χ0) is 25.1. The quantitative estimate of drug-likeness (QED) is 0.315. The average Bonchev–Trinajstić information content (AvgIpc) is 3.22. The molecule has 9 heteroatoms. The summed E-state index contributed by atoms with van der Waals surface area (Å²) in [7, 11) is 0. The van der Waals surface area contributed by atoms with Crippen molar-refractivity contribution in [3.05, 3.63) is 96.7 Å². The van der Waals surface area contributed by atoms with E-state index in [-0.39, 0.29) is 29.4 Å². The average molecular weight is 480 g/mol. The van der Waals surface area contributed by atoms with E-state index in [1.807, 2.05) is 48.5 Å². The molecule has 0 atom stereocenters. The van der Waals surface area contributed by atoms with Crippen molar-refractivity contribution in [1.29, 1.82) is 0 Å². The van der Waals surface area contributed by atoms with Crippen LogP contribution in [0.25, 0.3) is 21.8 Å². The summed E-state index contributed by atoms with van der Waals surface area (Å²) in [5.41, 5.74) is 1.73. The number of nitrogens with one attached hydrogen (secondary N) is 2. The summed E-state index contributed by atoms with van der Waals surface area (Å²) in [4.78, 5) is 41.4. The van der Waals surface area contributed by atoms with Gasteiger partial charge < -0.3 is 20.5 Å². The van der Waals surface area contributed by atoms with E-state index >= 15 is 0 Å². The summed E-state index contributed by atoms with van der Waals surface area (Å²) in [5.74, 6) is -1.43. The highest BCUT2D eigenvalue weighted by Gasteiger charge is 2.17. The maximum atomic E-state index is 13.4. The highest BCUT2D eigenvalue weighted by Crippen LogP contribution is 2.29. The highest BCUT2D eigenvalue weighted by atomic mass is 16.5. The number of aromatic nitrogens is 2. The number of nitrogens with zero attached hydrogens (tertiary/aromatic N) is 2. The minimum atomic E-state index is -1.21. The first-order valence-electron chi connectivity index (χ1n) is 11.0. The third-order valence-corrected chi connectivity index (χ3v) is 5.49. The molecule has 0 unspecified atom stereocenters. The fourth-order valence-corrected chi connectivity index (χ4v) is 3.99. The minimum Gasteiger partial charge on any atom is -0.478 e. The zero-order valence-electron chi connectivity index (χ0n) is 18.8. The first-order chi connectivity index (χ1) is 17.5. The molecule has 0 bridgehead atoms. The van der Waals surface area contributed by atoms with Gasteiger partial charge in [-0.3, -0.25) is 9.36 Å². The van der Waals surface area contributed by atoms with E-state index in [0.29, 0.717) is 11.0 Å². The van der Waals surface area contributed by atoms with Gasteiger partial charge in [0.1, 0.15) is 0 Å². The maximum Gasteiger partial charge on any atom is 0.335 e. The summed E-state index contributed by atoms with van der Waals surface area (Å²) in [6.07, 6.45) is 1.54. The molecule has 2 amide bonds. The van der Waals surface area contributed by atoms with Gasteiger partial charge in [-0.05, 0) is 36.4 Å². The molecule has 178 valence electrons. The SMILES string of the molecule is O=C(COc1ccccn1)Nc1cc(NC(=O)n2c3ccccc3c3ccccc32)cc(C(=O)O)c1. The van der Waals surface area contributed by atoms with E-state index in [2.05, 4.69) is 15.6 Å². The second-order valence-corrected chi connectivity index (χ2v) is 7.91. The molecule has 0 aliphatic rings. The van der Waals surface area contributed by atoms with Crippen molar-refractivity contribution >= 4 is 51.1 Å². The van der Waals surface area contributed by atoms with Gasteiger partial charge in [-0.1, -0.05) is 42.5 Å². The number of para-hydroxylation sites is 2. The van der Waals surface area contributed by atoms with E-state index < -0.39 is 17.9 Å². The molecular weight excluding hydrogens is 460 g/mol. The number of fused-ring (bicyclic) bond motifs is 3. The predicted octanol–water partition coefficient (Wildman–Crippen LogP) is 4.99. The molecule has 0 spiro atoms. The highest BCUT2D eigenvalue weighted by molar-refractivity contribution is 6.15. The first-order valence-corrected chi connectivity index (χ1v) is 11.0. The Balaban J connectivity index is 1.41. The number of aromatic carboxylic acids is 1. The number of carbonyl (C=O) groups excluding carboxylic acids is 2. The lowest BCUT2D eigenvalue weighted by Crippen LogP contribution is -2.22. The van der Waals surface area contributed by atoms with Crippen molar-refractivity contribution in [3.8, 4) is 5.88 Å². The summed E-state index contributed by atoms with van der Waals surface area (Å²) in [6, 6.07) is 23.8. The lowest BCUT2D eigenvalue weighted by molar-refractivity contribution is -0.118. The fourth-order valence-electron chi connectivity index (χ4n) is 3.99. The molecular formula is C27H20N4O5. The number of carboxylic acids is 1. The summed E-state index contributed by atoms with van der Waals surface area (Å²) in [6.45, 7) is -0.322. The van der Waals surface area contributed by atoms with E-state index in [0.717, 1.165) is 10.8 Å². The molecule has 0 aliphatic heterocycles. The van der Waals surface area contributed by atoms with E-state index in [4.69, 9.17) is 4.74 Å². The number of pyridine rings is 1.